The Balaban J connectivity index is 1.51. The SMILES string of the molecule is CC(C)NC(=O)C1C[C@@H]2CC(c3ccnc4ccc(F)cc34)C[C@@H]2C1. The number of amides is 1. The van der Waals surface area contributed by atoms with Gasteiger partial charge in [-0.25, -0.2) is 4.39 Å². The number of carbonyl (C=O) groups excluding carboxylic acids is 1. The Hall–Kier alpha value is -1.97. The van der Waals surface area contributed by atoms with Gasteiger partial charge in [-0.05, 0) is 87.1 Å². The van der Waals surface area contributed by atoms with Crippen LogP contribution in [0, 0.1) is 23.6 Å². The van der Waals surface area contributed by atoms with Gasteiger partial charge in [0.2, 0.25) is 5.91 Å². The van der Waals surface area contributed by atoms with Crippen molar-refractivity contribution in [1.29, 1.82) is 0 Å². The number of fused-ring (bicyclic) bond motifs is 2. The molecule has 2 aromatic rings. The Morgan fingerprint density at radius 3 is 2.56 bits per heavy atom. The fourth-order valence-electron chi connectivity index (χ4n) is 4.98. The number of pyridine rings is 1. The van der Waals surface area contributed by atoms with E-state index in [9.17, 15) is 9.18 Å². The van der Waals surface area contributed by atoms with E-state index in [0.29, 0.717) is 17.8 Å². The van der Waals surface area contributed by atoms with E-state index in [1.165, 1.54) is 11.6 Å². The minimum atomic E-state index is -0.203. The summed E-state index contributed by atoms with van der Waals surface area (Å²) in [6.07, 6.45) is 6.04. The first kappa shape index (κ1) is 16.5. The van der Waals surface area contributed by atoms with Gasteiger partial charge < -0.3 is 5.32 Å². The molecule has 3 nitrogen and oxygen atoms in total. The Bertz CT molecular complexity index is 790. The molecule has 1 N–H and O–H groups in total. The summed E-state index contributed by atoms with van der Waals surface area (Å²) in [6, 6.07) is 7.11. The summed E-state index contributed by atoms with van der Waals surface area (Å²) in [5, 5.41) is 4.00. The Morgan fingerprint density at radius 2 is 1.88 bits per heavy atom. The van der Waals surface area contributed by atoms with Crippen molar-refractivity contribution in [1.82, 2.24) is 10.3 Å². The fourth-order valence-corrected chi connectivity index (χ4v) is 4.98. The zero-order chi connectivity index (χ0) is 17.6. The van der Waals surface area contributed by atoms with Gasteiger partial charge in [0.15, 0.2) is 0 Å². The van der Waals surface area contributed by atoms with Crippen molar-refractivity contribution in [3.63, 3.8) is 0 Å². The van der Waals surface area contributed by atoms with E-state index >= 15 is 0 Å². The Morgan fingerprint density at radius 1 is 1.16 bits per heavy atom. The van der Waals surface area contributed by atoms with Crippen molar-refractivity contribution in [2.24, 2.45) is 17.8 Å². The smallest absolute Gasteiger partial charge is 0.223 e. The van der Waals surface area contributed by atoms with E-state index in [2.05, 4.69) is 16.4 Å². The maximum absolute atomic E-state index is 13.7. The largest absolute Gasteiger partial charge is 0.354 e. The summed E-state index contributed by atoms with van der Waals surface area (Å²) >= 11 is 0. The molecule has 2 fully saturated rings. The van der Waals surface area contributed by atoms with Gasteiger partial charge in [-0.2, -0.15) is 0 Å². The van der Waals surface area contributed by atoms with E-state index in [1.807, 2.05) is 20.0 Å². The lowest BCUT2D eigenvalue weighted by Crippen LogP contribution is -2.34. The number of hydrogen-bond donors (Lipinski definition) is 1. The molecule has 2 saturated carbocycles. The molecule has 0 radical (unpaired) electrons. The topological polar surface area (TPSA) is 42.0 Å². The average Bonchev–Trinajstić information content (AvgIpc) is 3.12. The van der Waals surface area contributed by atoms with E-state index in [4.69, 9.17) is 0 Å². The van der Waals surface area contributed by atoms with E-state index in [-0.39, 0.29) is 23.7 Å². The number of hydrogen-bond acceptors (Lipinski definition) is 2. The minimum absolute atomic E-state index is 0.171. The van der Waals surface area contributed by atoms with Crippen molar-refractivity contribution in [3.05, 3.63) is 41.8 Å². The predicted octanol–water partition coefficient (Wildman–Crippen LogP) is 4.42. The molecule has 2 unspecified atom stereocenters. The van der Waals surface area contributed by atoms with Crippen LogP contribution in [0.15, 0.2) is 30.5 Å². The zero-order valence-corrected chi connectivity index (χ0v) is 14.8. The summed E-state index contributed by atoms with van der Waals surface area (Å²) in [7, 11) is 0. The normalized spacial score (nSPS) is 28.5. The van der Waals surface area contributed by atoms with Crippen molar-refractivity contribution in [2.75, 3.05) is 0 Å². The number of halogens is 1. The van der Waals surface area contributed by atoms with Crippen LogP contribution in [0.3, 0.4) is 0 Å². The van der Waals surface area contributed by atoms with Gasteiger partial charge >= 0.3 is 0 Å². The van der Waals surface area contributed by atoms with Crippen LogP contribution in [0.1, 0.15) is 51.0 Å². The molecule has 1 amide bonds. The Labute approximate surface area is 148 Å². The van der Waals surface area contributed by atoms with Crippen LogP contribution in [0.2, 0.25) is 0 Å². The molecule has 4 atom stereocenters. The first-order valence-corrected chi connectivity index (χ1v) is 9.36. The summed E-state index contributed by atoms with van der Waals surface area (Å²) in [4.78, 5) is 16.7. The van der Waals surface area contributed by atoms with Crippen LogP contribution in [-0.4, -0.2) is 16.9 Å². The Kier molecular flexibility index (Phi) is 4.22. The third kappa shape index (κ3) is 3.14. The van der Waals surface area contributed by atoms with Crippen LogP contribution in [-0.2, 0) is 4.79 Å². The van der Waals surface area contributed by atoms with Gasteiger partial charge in [-0.15, -0.1) is 0 Å². The monoisotopic (exact) mass is 340 g/mol. The van der Waals surface area contributed by atoms with Crippen LogP contribution in [0.4, 0.5) is 4.39 Å². The van der Waals surface area contributed by atoms with Gasteiger partial charge in [0.25, 0.3) is 0 Å². The number of aromatic nitrogens is 1. The summed E-state index contributed by atoms with van der Waals surface area (Å²) in [5.41, 5.74) is 2.09. The first-order chi connectivity index (χ1) is 12.0. The second-order valence-electron chi connectivity index (χ2n) is 8.08. The highest BCUT2D eigenvalue weighted by atomic mass is 19.1. The molecule has 0 saturated heterocycles. The van der Waals surface area contributed by atoms with Crippen molar-refractivity contribution in [3.8, 4) is 0 Å². The van der Waals surface area contributed by atoms with E-state index in [1.54, 1.807) is 12.1 Å². The lowest BCUT2D eigenvalue weighted by Gasteiger charge is -2.17. The molecule has 1 aromatic carbocycles. The first-order valence-electron chi connectivity index (χ1n) is 9.36. The molecule has 2 aliphatic rings. The second kappa shape index (κ2) is 6.40. The molecular weight excluding hydrogens is 315 g/mol. The summed E-state index contributed by atoms with van der Waals surface area (Å²) < 4.78 is 13.7. The molecule has 0 aliphatic heterocycles. The molecule has 4 rings (SSSR count). The standard InChI is InChI=1S/C21H25FN2O/c1-12(2)24-21(25)16-9-13-7-15(8-14(13)10-16)18-5-6-23-20-4-3-17(22)11-19(18)20/h3-6,11-16H,7-10H2,1-2H3,(H,24,25)/t13-,14+,15?,16?. The fraction of sp³-hybridized carbons (Fsp3) is 0.524. The summed E-state index contributed by atoms with van der Waals surface area (Å²) in [6.45, 7) is 4.02. The number of carbonyl (C=O) groups is 1. The van der Waals surface area contributed by atoms with Gasteiger partial charge in [0, 0.05) is 23.5 Å². The lowest BCUT2D eigenvalue weighted by atomic mass is 9.90. The molecular formula is C21H25FN2O. The minimum Gasteiger partial charge on any atom is -0.354 e. The third-order valence-electron chi connectivity index (χ3n) is 5.99. The highest BCUT2D eigenvalue weighted by Gasteiger charge is 2.44. The quantitative estimate of drug-likeness (QED) is 0.899. The second-order valence-corrected chi connectivity index (χ2v) is 8.08. The van der Waals surface area contributed by atoms with Crippen LogP contribution >= 0.6 is 0 Å². The molecule has 4 heteroatoms. The average molecular weight is 340 g/mol. The molecule has 132 valence electrons. The number of benzene rings is 1. The van der Waals surface area contributed by atoms with Gasteiger partial charge in [0.1, 0.15) is 5.82 Å². The van der Waals surface area contributed by atoms with Gasteiger partial charge in [0.05, 0.1) is 5.52 Å². The van der Waals surface area contributed by atoms with E-state index in [0.717, 1.165) is 36.6 Å². The van der Waals surface area contributed by atoms with E-state index < -0.39 is 0 Å². The zero-order valence-electron chi connectivity index (χ0n) is 14.8. The number of nitrogens with zero attached hydrogens (tertiary/aromatic N) is 1. The molecule has 2 aliphatic carbocycles. The molecule has 0 spiro atoms. The van der Waals surface area contributed by atoms with Crippen molar-refractivity contribution < 1.29 is 9.18 Å². The third-order valence-corrected chi connectivity index (χ3v) is 5.99. The van der Waals surface area contributed by atoms with Crippen molar-refractivity contribution >= 4 is 16.8 Å². The number of rotatable bonds is 3. The van der Waals surface area contributed by atoms with Gasteiger partial charge in [-0.1, -0.05) is 0 Å². The number of nitrogens with one attached hydrogen (secondary N) is 1. The van der Waals surface area contributed by atoms with Crippen LogP contribution in [0.5, 0.6) is 0 Å². The molecule has 0 bridgehead atoms. The van der Waals surface area contributed by atoms with Crippen LogP contribution < -0.4 is 5.32 Å². The molecule has 25 heavy (non-hydrogen) atoms. The summed E-state index contributed by atoms with van der Waals surface area (Å²) in [5.74, 6) is 1.87. The highest BCUT2D eigenvalue weighted by Crippen LogP contribution is 2.53. The maximum atomic E-state index is 13.7. The maximum Gasteiger partial charge on any atom is 0.223 e. The lowest BCUT2D eigenvalue weighted by molar-refractivity contribution is -0.125. The predicted molar refractivity (Wildman–Crippen MR) is 96.7 cm³/mol. The van der Waals surface area contributed by atoms with Crippen LogP contribution in [0.25, 0.3) is 10.9 Å². The van der Waals surface area contributed by atoms with Gasteiger partial charge in [-0.3, -0.25) is 9.78 Å². The molecule has 1 aromatic heterocycles. The highest BCUT2D eigenvalue weighted by molar-refractivity contribution is 5.82. The van der Waals surface area contributed by atoms with Crippen molar-refractivity contribution in [2.45, 2.75) is 51.5 Å². The molecule has 1 heterocycles.